The number of hydrogen-bond donors (Lipinski definition) is 1. The highest BCUT2D eigenvalue weighted by Crippen LogP contribution is 2.68. The second-order valence-electron chi connectivity index (χ2n) is 7.57. The maximum absolute atomic E-state index is 6.07. The zero-order chi connectivity index (χ0) is 17.3. The molecule has 1 aliphatic heterocycles. The van der Waals surface area contributed by atoms with Crippen LogP contribution in [0.2, 0.25) is 0 Å². The summed E-state index contributed by atoms with van der Waals surface area (Å²) in [5.41, 5.74) is 7.32. The van der Waals surface area contributed by atoms with E-state index in [0.717, 1.165) is 18.1 Å². The van der Waals surface area contributed by atoms with Gasteiger partial charge in [-0.05, 0) is 37.1 Å². The first-order chi connectivity index (χ1) is 12.0. The van der Waals surface area contributed by atoms with Crippen molar-refractivity contribution in [1.82, 2.24) is 19.7 Å². The van der Waals surface area contributed by atoms with Crippen LogP contribution in [0.1, 0.15) is 35.5 Å². The summed E-state index contributed by atoms with van der Waals surface area (Å²) < 4.78 is 8.03. The van der Waals surface area contributed by atoms with Gasteiger partial charge in [-0.3, -0.25) is 4.68 Å². The van der Waals surface area contributed by atoms with Crippen molar-refractivity contribution in [2.24, 2.45) is 13.0 Å². The highest BCUT2D eigenvalue weighted by molar-refractivity contribution is 5.71. The molecule has 0 saturated heterocycles. The zero-order valence-electron chi connectivity index (χ0n) is 15.0. The van der Waals surface area contributed by atoms with Gasteiger partial charge in [0.05, 0.1) is 18.6 Å². The van der Waals surface area contributed by atoms with E-state index in [1.807, 2.05) is 17.9 Å². The van der Waals surface area contributed by atoms with Crippen molar-refractivity contribution in [3.8, 4) is 16.9 Å². The number of aromatic nitrogens is 4. The molecule has 3 heterocycles. The van der Waals surface area contributed by atoms with Gasteiger partial charge in [0, 0.05) is 47.4 Å². The van der Waals surface area contributed by atoms with Gasteiger partial charge in [-0.2, -0.15) is 5.10 Å². The first-order valence-electron chi connectivity index (χ1n) is 8.78. The molecule has 128 valence electrons. The first kappa shape index (κ1) is 14.8. The Morgan fingerprint density at radius 2 is 2.16 bits per heavy atom. The van der Waals surface area contributed by atoms with Gasteiger partial charge in [0.1, 0.15) is 5.75 Å². The highest BCUT2D eigenvalue weighted by Gasteiger charge is 2.66. The molecule has 1 saturated carbocycles. The minimum atomic E-state index is 0.0827. The van der Waals surface area contributed by atoms with Crippen LogP contribution in [0.5, 0.6) is 5.75 Å². The van der Waals surface area contributed by atoms with E-state index in [1.165, 1.54) is 28.1 Å². The molecular formula is C20H22N4O. The van der Waals surface area contributed by atoms with Crippen LogP contribution in [-0.2, 0) is 12.5 Å². The lowest BCUT2D eigenvalue weighted by atomic mass is 9.94. The first-order valence-corrected chi connectivity index (χ1v) is 8.78. The molecule has 5 heteroatoms. The zero-order valence-corrected chi connectivity index (χ0v) is 15.0. The van der Waals surface area contributed by atoms with Crippen LogP contribution in [0.3, 0.4) is 0 Å². The fourth-order valence-corrected chi connectivity index (χ4v) is 4.78. The fraction of sp³-hybridized carbons (Fsp3) is 0.400. The largest absolute Gasteiger partial charge is 0.493 e. The molecule has 0 spiro atoms. The maximum Gasteiger partial charge on any atom is 0.122 e. The molecule has 1 N–H and O–H groups in total. The predicted octanol–water partition coefficient (Wildman–Crippen LogP) is 3.49. The number of hydrogen-bond acceptors (Lipinski definition) is 3. The maximum atomic E-state index is 6.07. The van der Waals surface area contributed by atoms with E-state index in [2.05, 4.69) is 54.0 Å². The molecule has 2 aliphatic rings. The van der Waals surface area contributed by atoms with Gasteiger partial charge in [0.25, 0.3) is 0 Å². The van der Waals surface area contributed by atoms with Crippen LogP contribution in [-0.4, -0.2) is 26.4 Å². The average Bonchev–Trinajstić information content (AvgIpc) is 2.94. The lowest BCUT2D eigenvalue weighted by Crippen LogP contribution is -2.10. The van der Waals surface area contributed by atoms with Crippen LogP contribution in [0.4, 0.5) is 0 Å². The number of aromatic amines is 1. The van der Waals surface area contributed by atoms with Crippen LogP contribution < -0.4 is 4.74 Å². The van der Waals surface area contributed by atoms with Crippen molar-refractivity contribution in [2.75, 3.05) is 6.61 Å². The van der Waals surface area contributed by atoms with Crippen LogP contribution in [0, 0.1) is 19.8 Å². The number of nitrogens with zero attached hydrogens (tertiary/aromatic N) is 3. The van der Waals surface area contributed by atoms with Gasteiger partial charge in [-0.25, -0.2) is 4.98 Å². The fourth-order valence-electron chi connectivity index (χ4n) is 4.78. The minimum Gasteiger partial charge on any atom is -0.493 e. The lowest BCUT2D eigenvalue weighted by Gasteiger charge is -2.17. The standard InChI is InChI=1S/C20H22N4O/c1-11-18(12(2)24(4)23-11)13-5-6-16-14(7-13)19-15(9-25-16)20(19,3)17-8-21-10-22-17/h5-8,10,15,19H,9H2,1-4H3,(H,21,22)/t15-,19+,20-/m0/s1. The molecule has 0 amide bonds. The van der Waals surface area contributed by atoms with Crippen LogP contribution in [0.15, 0.2) is 30.7 Å². The van der Waals surface area contributed by atoms with Crippen LogP contribution >= 0.6 is 0 Å². The SMILES string of the molecule is Cc1nn(C)c(C)c1-c1ccc2c(c1)[C@@H]1[C@H](CO2)[C@@]1(C)c1cnc[nH]1. The molecule has 2 aromatic heterocycles. The smallest absolute Gasteiger partial charge is 0.122 e. The molecule has 3 atom stereocenters. The highest BCUT2D eigenvalue weighted by atomic mass is 16.5. The lowest BCUT2D eigenvalue weighted by molar-refractivity contribution is 0.273. The normalized spacial score (nSPS) is 26.7. The van der Waals surface area contributed by atoms with Crippen molar-refractivity contribution in [2.45, 2.75) is 32.1 Å². The molecule has 1 aromatic carbocycles. The molecular weight excluding hydrogens is 312 g/mol. The van der Waals surface area contributed by atoms with Gasteiger partial charge in [-0.1, -0.05) is 13.0 Å². The number of nitrogens with one attached hydrogen (secondary N) is 1. The van der Waals surface area contributed by atoms with Gasteiger partial charge >= 0.3 is 0 Å². The number of fused-ring (bicyclic) bond motifs is 3. The third kappa shape index (κ3) is 1.84. The monoisotopic (exact) mass is 334 g/mol. The summed E-state index contributed by atoms with van der Waals surface area (Å²) in [6.45, 7) is 7.30. The summed E-state index contributed by atoms with van der Waals surface area (Å²) in [5.74, 6) is 2.01. The second-order valence-corrected chi connectivity index (χ2v) is 7.57. The van der Waals surface area contributed by atoms with E-state index in [4.69, 9.17) is 4.74 Å². The number of H-pyrrole nitrogens is 1. The van der Waals surface area contributed by atoms with Gasteiger partial charge in [-0.15, -0.1) is 0 Å². The Kier molecular flexibility index (Phi) is 2.80. The van der Waals surface area contributed by atoms with Gasteiger partial charge in [0.15, 0.2) is 0 Å². The Labute approximate surface area is 147 Å². The molecule has 1 aliphatic carbocycles. The summed E-state index contributed by atoms with van der Waals surface area (Å²) >= 11 is 0. The van der Waals surface area contributed by atoms with Crippen molar-refractivity contribution in [3.63, 3.8) is 0 Å². The quantitative estimate of drug-likeness (QED) is 0.780. The molecule has 3 aromatic rings. The Hall–Kier alpha value is -2.56. The second kappa shape index (κ2) is 4.75. The van der Waals surface area contributed by atoms with Gasteiger partial charge in [0.2, 0.25) is 0 Å². The predicted molar refractivity (Wildman–Crippen MR) is 95.8 cm³/mol. The topological polar surface area (TPSA) is 55.7 Å². The number of benzene rings is 1. The van der Waals surface area contributed by atoms with Crippen LogP contribution in [0.25, 0.3) is 11.1 Å². The third-order valence-corrected chi connectivity index (χ3v) is 6.35. The van der Waals surface area contributed by atoms with Gasteiger partial charge < -0.3 is 9.72 Å². The average molecular weight is 334 g/mol. The Morgan fingerprint density at radius 1 is 1.32 bits per heavy atom. The number of aryl methyl sites for hydroxylation is 2. The molecule has 5 nitrogen and oxygen atoms in total. The molecule has 5 rings (SSSR count). The summed E-state index contributed by atoms with van der Waals surface area (Å²) in [6, 6.07) is 6.59. The van der Waals surface area contributed by atoms with E-state index in [-0.39, 0.29) is 5.41 Å². The minimum absolute atomic E-state index is 0.0827. The molecule has 0 unspecified atom stereocenters. The summed E-state index contributed by atoms with van der Waals surface area (Å²) in [4.78, 5) is 7.54. The summed E-state index contributed by atoms with van der Waals surface area (Å²) in [5, 5.41) is 4.57. The van der Waals surface area contributed by atoms with E-state index >= 15 is 0 Å². The summed E-state index contributed by atoms with van der Waals surface area (Å²) in [6.07, 6.45) is 3.72. The van der Waals surface area contributed by atoms with Crippen molar-refractivity contribution < 1.29 is 4.74 Å². The molecule has 0 radical (unpaired) electrons. The summed E-state index contributed by atoms with van der Waals surface area (Å²) in [7, 11) is 2.00. The van der Waals surface area contributed by atoms with Crippen molar-refractivity contribution in [3.05, 3.63) is 53.4 Å². The molecule has 1 fully saturated rings. The van der Waals surface area contributed by atoms with Crippen molar-refractivity contribution >= 4 is 0 Å². The van der Waals surface area contributed by atoms with E-state index in [1.54, 1.807) is 6.33 Å². The number of imidazole rings is 1. The number of ether oxygens (including phenoxy) is 1. The van der Waals surface area contributed by atoms with E-state index in [9.17, 15) is 0 Å². The third-order valence-electron chi connectivity index (χ3n) is 6.35. The number of rotatable bonds is 2. The van der Waals surface area contributed by atoms with E-state index in [0.29, 0.717) is 11.8 Å². The van der Waals surface area contributed by atoms with E-state index < -0.39 is 0 Å². The Bertz CT molecular complexity index is 972. The van der Waals surface area contributed by atoms with Crippen molar-refractivity contribution in [1.29, 1.82) is 0 Å². The molecule has 0 bridgehead atoms. The Balaban J connectivity index is 1.62. The Morgan fingerprint density at radius 3 is 2.84 bits per heavy atom. The molecule has 25 heavy (non-hydrogen) atoms.